The Labute approximate surface area is 169 Å². The zero-order chi connectivity index (χ0) is 20.8. The SMILES string of the molecule is CCC(C)Cc1nc(-c2cn(CCCF)nn2)n(-c2cccc(NC(C)=O)c2)n1. The molecule has 0 aliphatic carbocycles. The van der Waals surface area contributed by atoms with E-state index in [1.807, 2.05) is 24.3 Å². The van der Waals surface area contributed by atoms with Gasteiger partial charge in [-0.15, -0.1) is 5.10 Å². The highest BCUT2D eigenvalue weighted by Gasteiger charge is 2.18. The molecule has 3 rings (SSSR count). The lowest BCUT2D eigenvalue weighted by molar-refractivity contribution is -0.114. The summed E-state index contributed by atoms with van der Waals surface area (Å²) in [5, 5.41) is 15.8. The second-order valence-corrected chi connectivity index (χ2v) is 7.12. The molecule has 0 aliphatic heterocycles. The maximum absolute atomic E-state index is 12.5. The molecular formula is C20H26FN7O. The summed E-state index contributed by atoms with van der Waals surface area (Å²) in [6.45, 7) is 5.81. The summed E-state index contributed by atoms with van der Waals surface area (Å²) in [6.07, 6.45) is 3.91. The van der Waals surface area contributed by atoms with Gasteiger partial charge < -0.3 is 5.32 Å². The van der Waals surface area contributed by atoms with E-state index in [4.69, 9.17) is 10.1 Å². The third-order valence-corrected chi connectivity index (χ3v) is 4.58. The van der Waals surface area contributed by atoms with Crippen LogP contribution >= 0.6 is 0 Å². The van der Waals surface area contributed by atoms with Gasteiger partial charge in [0, 0.05) is 25.6 Å². The summed E-state index contributed by atoms with van der Waals surface area (Å²) in [5.41, 5.74) is 2.00. The lowest BCUT2D eigenvalue weighted by atomic mass is 10.1. The number of benzene rings is 1. The van der Waals surface area contributed by atoms with Gasteiger partial charge in [-0.05, 0) is 30.5 Å². The number of aromatic nitrogens is 6. The molecule has 2 aromatic heterocycles. The van der Waals surface area contributed by atoms with Crippen LogP contribution in [0.5, 0.6) is 0 Å². The molecule has 154 valence electrons. The summed E-state index contributed by atoms with van der Waals surface area (Å²) in [4.78, 5) is 16.1. The van der Waals surface area contributed by atoms with Crippen LogP contribution < -0.4 is 5.32 Å². The third kappa shape index (κ3) is 5.24. The lowest BCUT2D eigenvalue weighted by Crippen LogP contribution is -2.07. The Bertz CT molecular complexity index is 965. The summed E-state index contributed by atoms with van der Waals surface area (Å²) in [7, 11) is 0. The Morgan fingerprint density at radius 1 is 1.34 bits per heavy atom. The van der Waals surface area contributed by atoms with Crippen LogP contribution in [0.1, 0.15) is 39.4 Å². The van der Waals surface area contributed by atoms with Crippen LogP contribution in [0.2, 0.25) is 0 Å². The van der Waals surface area contributed by atoms with Crippen molar-refractivity contribution in [2.45, 2.75) is 46.6 Å². The van der Waals surface area contributed by atoms with Crippen LogP contribution in [0.4, 0.5) is 10.1 Å². The average Bonchev–Trinajstić information content (AvgIpc) is 3.32. The second-order valence-electron chi connectivity index (χ2n) is 7.12. The summed E-state index contributed by atoms with van der Waals surface area (Å²) < 4.78 is 15.8. The third-order valence-electron chi connectivity index (χ3n) is 4.58. The highest BCUT2D eigenvalue weighted by atomic mass is 19.1. The minimum absolute atomic E-state index is 0.144. The first kappa shape index (κ1) is 20.6. The molecule has 0 fully saturated rings. The maximum Gasteiger partial charge on any atom is 0.221 e. The number of hydrogen-bond donors (Lipinski definition) is 1. The van der Waals surface area contributed by atoms with E-state index in [2.05, 4.69) is 29.5 Å². The van der Waals surface area contributed by atoms with Crippen molar-refractivity contribution in [3.05, 3.63) is 36.3 Å². The number of anilines is 1. The molecular weight excluding hydrogens is 373 g/mol. The minimum Gasteiger partial charge on any atom is -0.326 e. The number of carbonyl (C=O) groups is 1. The van der Waals surface area contributed by atoms with Crippen molar-refractivity contribution in [3.8, 4) is 17.2 Å². The Morgan fingerprint density at radius 3 is 2.90 bits per heavy atom. The number of hydrogen-bond acceptors (Lipinski definition) is 5. The quantitative estimate of drug-likeness (QED) is 0.595. The number of nitrogens with zero attached hydrogens (tertiary/aromatic N) is 6. The van der Waals surface area contributed by atoms with Crippen molar-refractivity contribution in [2.75, 3.05) is 12.0 Å². The van der Waals surface area contributed by atoms with Crippen molar-refractivity contribution in [3.63, 3.8) is 0 Å². The fourth-order valence-corrected chi connectivity index (χ4v) is 2.89. The first-order valence-electron chi connectivity index (χ1n) is 9.80. The Balaban J connectivity index is 2.00. The fraction of sp³-hybridized carbons (Fsp3) is 0.450. The van der Waals surface area contributed by atoms with Crippen LogP contribution in [0.25, 0.3) is 17.2 Å². The Morgan fingerprint density at radius 2 is 2.17 bits per heavy atom. The van der Waals surface area contributed by atoms with Gasteiger partial charge in [0.2, 0.25) is 5.91 Å². The van der Waals surface area contributed by atoms with Gasteiger partial charge in [-0.1, -0.05) is 31.5 Å². The first-order valence-corrected chi connectivity index (χ1v) is 9.80. The number of halogens is 1. The zero-order valence-electron chi connectivity index (χ0n) is 17.0. The standard InChI is InChI=1S/C20H26FN7O/c1-4-14(2)11-19-23-20(18-13-27(26-24-18)10-6-9-21)28(25-19)17-8-5-7-16(12-17)22-15(3)29/h5,7-8,12-14H,4,6,9-11H2,1-3H3,(H,22,29). The molecule has 1 aromatic carbocycles. The molecule has 1 unspecified atom stereocenters. The van der Waals surface area contributed by atoms with Gasteiger partial charge in [0.25, 0.3) is 0 Å². The number of rotatable bonds is 9. The molecule has 0 radical (unpaired) electrons. The van der Waals surface area contributed by atoms with Gasteiger partial charge >= 0.3 is 0 Å². The first-order chi connectivity index (χ1) is 14.0. The van der Waals surface area contributed by atoms with E-state index in [1.165, 1.54) is 6.92 Å². The van der Waals surface area contributed by atoms with E-state index in [1.54, 1.807) is 15.6 Å². The van der Waals surface area contributed by atoms with Gasteiger partial charge in [-0.25, -0.2) is 9.67 Å². The van der Waals surface area contributed by atoms with Crippen LogP contribution in [0.15, 0.2) is 30.5 Å². The van der Waals surface area contributed by atoms with E-state index in [0.29, 0.717) is 36.1 Å². The molecule has 8 nitrogen and oxygen atoms in total. The summed E-state index contributed by atoms with van der Waals surface area (Å²) in [6, 6.07) is 7.39. The van der Waals surface area contributed by atoms with Crippen molar-refractivity contribution in [2.24, 2.45) is 5.92 Å². The molecule has 0 bridgehead atoms. The predicted octanol–water partition coefficient (Wildman–Crippen LogP) is 3.43. The second kappa shape index (κ2) is 9.40. The van der Waals surface area contributed by atoms with Crippen LogP contribution in [0.3, 0.4) is 0 Å². The molecule has 2 heterocycles. The van der Waals surface area contributed by atoms with Crippen LogP contribution in [-0.2, 0) is 17.8 Å². The van der Waals surface area contributed by atoms with Gasteiger partial charge in [0.15, 0.2) is 11.6 Å². The molecule has 1 N–H and O–H groups in total. The average molecular weight is 399 g/mol. The monoisotopic (exact) mass is 399 g/mol. The molecule has 0 saturated carbocycles. The number of amides is 1. The molecule has 29 heavy (non-hydrogen) atoms. The van der Waals surface area contributed by atoms with Gasteiger partial charge in [0.05, 0.1) is 18.6 Å². The minimum atomic E-state index is -0.402. The van der Waals surface area contributed by atoms with E-state index in [0.717, 1.165) is 24.4 Å². The molecule has 9 heteroatoms. The van der Waals surface area contributed by atoms with E-state index >= 15 is 0 Å². The number of nitrogens with one attached hydrogen (secondary N) is 1. The number of aryl methyl sites for hydroxylation is 1. The molecule has 0 spiro atoms. The lowest BCUT2D eigenvalue weighted by Gasteiger charge is -2.07. The normalized spacial score (nSPS) is 12.1. The molecule has 0 aliphatic rings. The largest absolute Gasteiger partial charge is 0.326 e. The number of alkyl halides is 1. The molecule has 1 amide bonds. The van der Waals surface area contributed by atoms with Crippen molar-refractivity contribution >= 4 is 11.6 Å². The zero-order valence-corrected chi connectivity index (χ0v) is 17.0. The molecule has 0 saturated heterocycles. The van der Waals surface area contributed by atoms with Crippen molar-refractivity contribution < 1.29 is 9.18 Å². The fourth-order valence-electron chi connectivity index (χ4n) is 2.89. The summed E-state index contributed by atoms with van der Waals surface area (Å²) >= 11 is 0. The van der Waals surface area contributed by atoms with Crippen molar-refractivity contribution in [1.29, 1.82) is 0 Å². The molecule has 3 aromatic rings. The van der Waals surface area contributed by atoms with Gasteiger partial charge in [-0.3, -0.25) is 13.9 Å². The van der Waals surface area contributed by atoms with Gasteiger partial charge in [0.1, 0.15) is 5.69 Å². The number of carbonyl (C=O) groups excluding carboxylic acids is 1. The topological polar surface area (TPSA) is 90.5 Å². The summed E-state index contributed by atoms with van der Waals surface area (Å²) in [5.74, 6) is 1.59. The Kier molecular flexibility index (Phi) is 6.69. The van der Waals surface area contributed by atoms with Crippen LogP contribution in [-0.4, -0.2) is 42.3 Å². The molecule has 1 atom stereocenters. The predicted molar refractivity (Wildman–Crippen MR) is 108 cm³/mol. The highest BCUT2D eigenvalue weighted by Crippen LogP contribution is 2.23. The van der Waals surface area contributed by atoms with E-state index in [-0.39, 0.29) is 5.91 Å². The Hall–Kier alpha value is -3.10. The highest BCUT2D eigenvalue weighted by molar-refractivity contribution is 5.88. The van der Waals surface area contributed by atoms with E-state index < -0.39 is 6.67 Å². The van der Waals surface area contributed by atoms with Gasteiger partial charge in [-0.2, -0.15) is 5.10 Å². The maximum atomic E-state index is 12.5. The van der Waals surface area contributed by atoms with Crippen molar-refractivity contribution in [1.82, 2.24) is 29.8 Å². The van der Waals surface area contributed by atoms with E-state index in [9.17, 15) is 9.18 Å². The van der Waals surface area contributed by atoms with Crippen LogP contribution in [0, 0.1) is 5.92 Å². The smallest absolute Gasteiger partial charge is 0.221 e.